The molecule has 1 heterocycles. The van der Waals surface area contributed by atoms with Gasteiger partial charge < -0.3 is 10.1 Å². The van der Waals surface area contributed by atoms with Gasteiger partial charge in [-0.25, -0.2) is 0 Å². The van der Waals surface area contributed by atoms with Crippen LogP contribution < -0.4 is 5.32 Å². The van der Waals surface area contributed by atoms with E-state index in [9.17, 15) is 4.79 Å². The maximum atomic E-state index is 12.2. The molecule has 0 saturated carbocycles. The second-order valence-corrected chi connectivity index (χ2v) is 5.05. The van der Waals surface area contributed by atoms with Crippen molar-refractivity contribution in [1.29, 1.82) is 0 Å². The summed E-state index contributed by atoms with van der Waals surface area (Å²) in [6.45, 7) is 9.69. The number of ether oxygens (including phenoxy) is 1. The van der Waals surface area contributed by atoms with E-state index in [1.807, 2.05) is 13.8 Å². The Labute approximate surface area is 92.6 Å². The summed E-state index contributed by atoms with van der Waals surface area (Å²) < 4.78 is 5.35. The normalized spacial score (nSPS) is 20.7. The Balaban J connectivity index is 2.75. The van der Waals surface area contributed by atoms with Gasteiger partial charge in [0.25, 0.3) is 0 Å². The van der Waals surface area contributed by atoms with Gasteiger partial charge in [0, 0.05) is 19.3 Å². The Hall–Kier alpha value is -0.570. The van der Waals surface area contributed by atoms with Gasteiger partial charge in [-0.3, -0.25) is 4.79 Å². The first-order valence-electron chi connectivity index (χ1n) is 5.88. The molecular formula is C12H23NO2. The van der Waals surface area contributed by atoms with Gasteiger partial charge in [0.1, 0.15) is 0 Å². The lowest BCUT2D eigenvalue weighted by molar-refractivity contribution is -0.141. The van der Waals surface area contributed by atoms with Gasteiger partial charge in [0.2, 0.25) is 5.91 Å². The fraction of sp³-hybridized carbons (Fsp3) is 0.917. The van der Waals surface area contributed by atoms with Gasteiger partial charge in [0.15, 0.2) is 0 Å². The lowest BCUT2D eigenvalue weighted by atomic mass is 9.70. The van der Waals surface area contributed by atoms with Crippen molar-refractivity contribution >= 4 is 5.91 Å². The summed E-state index contributed by atoms with van der Waals surface area (Å²) in [4.78, 5) is 12.2. The third-order valence-electron chi connectivity index (χ3n) is 3.36. The molecule has 1 rings (SSSR count). The Morgan fingerprint density at radius 1 is 1.20 bits per heavy atom. The molecule has 0 spiro atoms. The van der Waals surface area contributed by atoms with E-state index in [4.69, 9.17) is 4.74 Å². The predicted molar refractivity (Wildman–Crippen MR) is 60.6 cm³/mol. The van der Waals surface area contributed by atoms with Crippen LogP contribution in [0.3, 0.4) is 0 Å². The van der Waals surface area contributed by atoms with Crippen molar-refractivity contribution in [1.82, 2.24) is 5.32 Å². The van der Waals surface area contributed by atoms with Crippen LogP contribution in [0.15, 0.2) is 0 Å². The molecule has 88 valence electrons. The highest BCUT2D eigenvalue weighted by Gasteiger charge is 2.42. The number of amides is 1. The highest BCUT2D eigenvalue weighted by atomic mass is 16.5. The molecule has 0 aromatic heterocycles. The molecule has 1 aliphatic rings. The van der Waals surface area contributed by atoms with E-state index in [1.54, 1.807) is 0 Å². The number of carbonyl (C=O) groups is 1. The molecule has 1 N–H and O–H groups in total. The number of hydrogen-bond donors (Lipinski definition) is 1. The molecule has 0 atom stereocenters. The maximum Gasteiger partial charge on any atom is 0.226 e. The number of nitrogens with one attached hydrogen (secondary N) is 1. The molecule has 0 aliphatic carbocycles. The van der Waals surface area contributed by atoms with Crippen molar-refractivity contribution in [2.75, 3.05) is 13.2 Å². The van der Waals surface area contributed by atoms with Crippen LogP contribution in [0.2, 0.25) is 0 Å². The lowest BCUT2D eigenvalue weighted by Gasteiger charge is -2.39. The number of carbonyl (C=O) groups excluding carboxylic acids is 1. The average Bonchev–Trinajstić information content (AvgIpc) is 2.17. The minimum atomic E-state index is -0.206. The monoisotopic (exact) mass is 213 g/mol. The minimum absolute atomic E-state index is 0.204. The van der Waals surface area contributed by atoms with Crippen LogP contribution in [-0.4, -0.2) is 25.2 Å². The summed E-state index contributed by atoms with van der Waals surface area (Å²) in [5.41, 5.74) is -0.206. The van der Waals surface area contributed by atoms with Crippen LogP contribution in [0.25, 0.3) is 0 Å². The Bertz CT molecular complexity index is 218. The minimum Gasteiger partial charge on any atom is -0.381 e. The second kappa shape index (κ2) is 4.97. The maximum absolute atomic E-state index is 12.2. The highest BCUT2D eigenvalue weighted by molar-refractivity contribution is 5.83. The van der Waals surface area contributed by atoms with E-state index in [0.717, 1.165) is 12.8 Å². The van der Waals surface area contributed by atoms with E-state index in [2.05, 4.69) is 19.2 Å². The molecule has 15 heavy (non-hydrogen) atoms. The number of hydrogen-bond acceptors (Lipinski definition) is 2. The summed E-state index contributed by atoms with van der Waals surface area (Å²) >= 11 is 0. The molecular weight excluding hydrogens is 190 g/mol. The summed E-state index contributed by atoms with van der Waals surface area (Å²) in [5.74, 6) is 0.580. The van der Waals surface area contributed by atoms with Gasteiger partial charge in [0.05, 0.1) is 5.41 Å². The summed E-state index contributed by atoms with van der Waals surface area (Å²) in [5, 5.41) is 3.04. The predicted octanol–water partition coefficient (Wildman–Crippen LogP) is 1.96. The molecule has 1 fully saturated rings. The molecule has 1 amide bonds. The van der Waals surface area contributed by atoms with Gasteiger partial charge in [-0.1, -0.05) is 13.8 Å². The van der Waals surface area contributed by atoms with Crippen LogP contribution in [0.5, 0.6) is 0 Å². The third-order valence-corrected chi connectivity index (χ3v) is 3.36. The van der Waals surface area contributed by atoms with Crippen LogP contribution >= 0.6 is 0 Å². The molecule has 0 aromatic rings. The van der Waals surface area contributed by atoms with E-state index in [-0.39, 0.29) is 17.4 Å². The smallest absolute Gasteiger partial charge is 0.226 e. The first-order chi connectivity index (χ1) is 6.99. The summed E-state index contributed by atoms with van der Waals surface area (Å²) in [6, 6.07) is 0.218. The van der Waals surface area contributed by atoms with Gasteiger partial charge >= 0.3 is 0 Å². The topological polar surface area (TPSA) is 38.3 Å². The molecule has 0 unspecified atom stereocenters. The second-order valence-electron chi connectivity index (χ2n) is 5.05. The van der Waals surface area contributed by atoms with Crippen molar-refractivity contribution in [2.45, 2.75) is 46.6 Å². The average molecular weight is 213 g/mol. The van der Waals surface area contributed by atoms with Crippen LogP contribution in [0, 0.1) is 11.3 Å². The van der Waals surface area contributed by atoms with E-state index < -0.39 is 0 Å². The van der Waals surface area contributed by atoms with Crippen molar-refractivity contribution in [3.05, 3.63) is 0 Å². The first kappa shape index (κ1) is 12.5. The fourth-order valence-electron chi connectivity index (χ4n) is 2.21. The van der Waals surface area contributed by atoms with Crippen molar-refractivity contribution in [2.24, 2.45) is 11.3 Å². The molecule has 0 radical (unpaired) electrons. The zero-order chi connectivity index (χ0) is 11.5. The number of rotatable bonds is 3. The zero-order valence-corrected chi connectivity index (χ0v) is 10.3. The van der Waals surface area contributed by atoms with Crippen LogP contribution in [-0.2, 0) is 9.53 Å². The Morgan fingerprint density at radius 2 is 1.73 bits per heavy atom. The summed E-state index contributed by atoms with van der Waals surface area (Å²) in [7, 11) is 0. The molecule has 1 saturated heterocycles. The quantitative estimate of drug-likeness (QED) is 0.778. The SMILES string of the molecule is CC(C)NC(=O)C1(C(C)C)CCOCC1. The molecule has 3 heteroatoms. The van der Waals surface area contributed by atoms with Crippen LogP contribution in [0.4, 0.5) is 0 Å². The highest BCUT2D eigenvalue weighted by Crippen LogP contribution is 2.38. The molecule has 1 aliphatic heterocycles. The Kier molecular flexibility index (Phi) is 4.14. The third kappa shape index (κ3) is 2.71. The molecule has 0 aromatic carbocycles. The Morgan fingerprint density at radius 3 is 2.13 bits per heavy atom. The van der Waals surface area contributed by atoms with Crippen molar-refractivity contribution in [3.63, 3.8) is 0 Å². The van der Waals surface area contributed by atoms with E-state index >= 15 is 0 Å². The van der Waals surface area contributed by atoms with Crippen LogP contribution in [0.1, 0.15) is 40.5 Å². The van der Waals surface area contributed by atoms with E-state index in [1.165, 1.54) is 0 Å². The molecule has 0 bridgehead atoms. The zero-order valence-electron chi connectivity index (χ0n) is 10.3. The van der Waals surface area contributed by atoms with E-state index in [0.29, 0.717) is 19.1 Å². The van der Waals surface area contributed by atoms with Crippen molar-refractivity contribution in [3.8, 4) is 0 Å². The van der Waals surface area contributed by atoms with Gasteiger partial charge in [-0.2, -0.15) is 0 Å². The van der Waals surface area contributed by atoms with Gasteiger partial charge in [-0.15, -0.1) is 0 Å². The van der Waals surface area contributed by atoms with Gasteiger partial charge in [-0.05, 0) is 32.6 Å². The lowest BCUT2D eigenvalue weighted by Crippen LogP contribution is -2.49. The van der Waals surface area contributed by atoms with Crippen molar-refractivity contribution < 1.29 is 9.53 Å². The standard InChI is InChI=1S/C12H23NO2/c1-9(2)12(5-7-15-8-6-12)11(14)13-10(3)4/h9-10H,5-8H2,1-4H3,(H,13,14). The summed E-state index contributed by atoms with van der Waals surface area (Å²) in [6.07, 6.45) is 1.70. The first-order valence-corrected chi connectivity index (χ1v) is 5.88. The fourth-order valence-corrected chi connectivity index (χ4v) is 2.21. The molecule has 3 nitrogen and oxygen atoms in total. The largest absolute Gasteiger partial charge is 0.381 e.